The minimum absolute atomic E-state index is 0.0138. The van der Waals surface area contributed by atoms with Crippen molar-refractivity contribution >= 4 is 12.4 Å². The van der Waals surface area contributed by atoms with Gasteiger partial charge in [0.05, 0.1) is 12.1 Å². The van der Waals surface area contributed by atoms with E-state index in [1.807, 2.05) is 6.92 Å². The van der Waals surface area contributed by atoms with Gasteiger partial charge < -0.3 is 19.6 Å². The van der Waals surface area contributed by atoms with E-state index in [1.54, 1.807) is 20.8 Å². The summed E-state index contributed by atoms with van der Waals surface area (Å²) in [4.78, 5) is 22.6. The largest absolute Gasteiger partial charge is 0.444 e. The van der Waals surface area contributed by atoms with Crippen LogP contribution in [0.1, 0.15) is 34.1 Å². The Morgan fingerprint density at radius 2 is 2.18 bits per heavy atom. The van der Waals surface area contributed by atoms with Crippen LogP contribution in [0.25, 0.3) is 0 Å². The molecule has 1 aliphatic heterocycles. The second-order valence-corrected chi connectivity index (χ2v) is 5.34. The van der Waals surface area contributed by atoms with Gasteiger partial charge in [0, 0.05) is 12.5 Å². The summed E-state index contributed by atoms with van der Waals surface area (Å²) in [6.45, 7) is 7.88. The van der Waals surface area contributed by atoms with Crippen molar-refractivity contribution in [3.8, 4) is 0 Å². The number of hydrogen-bond acceptors (Lipinski definition) is 4. The molecule has 1 fully saturated rings. The van der Waals surface area contributed by atoms with Gasteiger partial charge in [-0.25, -0.2) is 4.79 Å². The van der Waals surface area contributed by atoms with Crippen molar-refractivity contribution in [1.82, 2.24) is 5.32 Å². The van der Waals surface area contributed by atoms with Crippen LogP contribution in [0.2, 0.25) is 0 Å². The van der Waals surface area contributed by atoms with E-state index >= 15 is 0 Å². The summed E-state index contributed by atoms with van der Waals surface area (Å²) < 4.78 is 10.5. The molecule has 17 heavy (non-hydrogen) atoms. The fourth-order valence-corrected chi connectivity index (χ4v) is 1.91. The van der Waals surface area contributed by atoms with Gasteiger partial charge in [-0.2, -0.15) is 0 Å². The van der Waals surface area contributed by atoms with E-state index in [9.17, 15) is 9.59 Å². The number of ether oxygens (including phenoxy) is 2. The Kier molecular flexibility index (Phi) is 4.51. The predicted molar refractivity (Wildman–Crippen MR) is 62.7 cm³/mol. The van der Waals surface area contributed by atoms with Gasteiger partial charge in [-0.15, -0.1) is 0 Å². The highest BCUT2D eigenvalue weighted by Crippen LogP contribution is 2.23. The molecule has 0 aromatic rings. The lowest BCUT2D eigenvalue weighted by Gasteiger charge is -2.25. The number of nitrogens with one attached hydrogen (secondary N) is 1. The summed E-state index contributed by atoms with van der Waals surface area (Å²) in [5.41, 5.74) is -0.560. The van der Waals surface area contributed by atoms with Crippen LogP contribution in [-0.4, -0.2) is 36.7 Å². The minimum atomic E-state index is -0.561. The minimum Gasteiger partial charge on any atom is -0.444 e. The maximum Gasteiger partial charge on any atom is 0.408 e. The Bertz CT molecular complexity index is 285. The Morgan fingerprint density at radius 1 is 1.53 bits per heavy atom. The van der Waals surface area contributed by atoms with Crippen LogP contribution >= 0.6 is 0 Å². The third-order valence-electron chi connectivity index (χ3n) is 2.73. The monoisotopic (exact) mass is 243 g/mol. The molecule has 0 spiro atoms. The molecule has 1 N–H and O–H groups in total. The van der Waals surface area contributed by atoms with Crippen molar-refractivity contribution in [1.29, 1.82) is 0 Å². The number of alkyl carbamates (subject to hydrolysis) is 1. The van der Waals surface area contributed by atoms with Crippen LogP contribution in [0.5, 0.6) is 0 Å². The Hall–Kier alpha value is -1.10. The van der Waals surface area contributed by atoms with Gasteiger partial charge >= 0.3 is 6.09 Å². The molecule has 1 amide bonds. The van der Waals surface area contributed by atoms with Gasteiger partial charge in [0.15, 0.2) is 0 Å². The highest BCUT2D eigenvalue weighted by molar-refractivity contribution is 5.73. The first-order chi connectivity index (χ1) is 7.83. The van der Waals surface area contributed by atoms with Crippen molar-refractivity contribution in [2.45, 2.75) is 51.9 Å². The fourth-order valence-electron chi connectivity index (χ4n) is 1.91. The average Bonchev–Trinajstić information content (AvgIpc) is 2.58. The van der Waals surface area contributed by atoms with E-state index in [0.717, 1.165) is 12.7 Å². The molecule has 1 heterocycles. The topological polar surface area (TPSA) is 64.6 Å². The van der Waals surface area contributed by atoms with Gasteiger partial charge in [0.25, 0.3) is 0 Å². The van der Waals surface area contributed by atoms with Gasteiger partial charge in [0.1, 0.15) is 11.9 Å². The molecule has 0 saturated carbocycles. The van der Waals surface area contributed by atoms with Crippen molar-refractivity contribution in [3.05, 3.63) is 0 Å². The number of carbonyl (C=O) groups is 2. The summed E-state index contributed by atoms with van der Waals surface area (Å²) in [6, 6.07) is -0.539. The second kappa shape index (κ2) is 5.49. The standard InChI is InChI=1S/C12H21NO4/c1-8-9(5-6-16-8)10(7-14)13-11(15)17-12(2,3)4/h7-10H,5-6H2,1-4H3,(H,13,15). The molecule has 1 aliphatic rings. The second-order valence-electron chi connectivity index (χ2n) is 5.34. The molecule has 0 radical (unpaired) electrons. The molecule has 5 nitrogen and oxygen atoms in total. The van der Waals surface area contributed by atoms with E-state index in [1.165, 1.54) is 0 Å². The zero-order chi connectivity index (χ0) is 13.1. The Labute approximate surface area is 102 Å². The van der Waals surface area contributed by atoms with E-state index < -0.39 is 17.7 Å². The first kappa shape index (κ1) is 14.0. The lowest BCUT2D eigenvalue weighted by atomic mass is 9.94. The summed E-state index contributed by atoms with van der Waals surface area (Å²) >= 11 is 0. The molecule has 1 rings (SSSR count). The van der Waals surface area contributed by atoms with Crippen LogP contribution in [0.15, 0.2) is 0 Å². The van der Waals surface area contributed by atoms with Crippen LogP contribution in [0.3, 0.4) is 0 Å². The third-order valence-corrected chi connectivity index (χ3v) is 2.73. The summed E-state index contributed by atoms with van der Waals surface area (Å²) in [6.07, 6.45) is 0.953. The van der Waals surface area contributed by atoms with E-state index in [0.29, 0.717) is 6.61 Å². The molecule has 5 heteroatoms. The zero-order valence-electron chi connectivity index (χ0n) is 10.9. The Morgan fingerprint density at radius 3 is 2.59 bits per heavy atom. The maximum atomic E-state index is 11.6. The van der Waals surface area contributed by atoms with Gasteiger partial charge in [-0.1, -0.05) is 0 Å². The van der Waals surface area contributed by atoms with Crippen LogP contribution in [0, 0.1) is 5.92 Å². The maximum absolute atomic E-state index is 11.6. The first-order valence-corrected chi connectivity index (χ1v) is 5.90. The molecule has 3 unspecified atom stereocenters. The molecular weight excluding hydrogens is 222 g/mol. The molecular formula is C12H21NO4. The highest BCUT2D eigenvalue weighted by atomic mass is 16.6. The van der Waals surface area contributed by atoms with Crippen molar-refractivity contribution < 1.29 is 19.1 Å². The Balaban J connectivity index is 2.52. The third kappa shape index (κ3) is 4.34. The summed E-state index contributed by atoms with van der Waals surface area (Å²) in [5, 5.41) is 2.59. The van der Waals surface area contributed by atoms with Gasteiger partial charge in [0.2, 0.25) is 0 Å². The molecule has 3 atom stereocenters. The predicted octanol–water partition coefficient (Wildman–Crippen LogP) is 1.50. The number of aldehydes is 1. The van der Waals surface area contributed by atoms with Crippen molar-refractivity contribution in [2.75, 3.05) is 6.61 Å². The van der Waals surface area contributed by atoms with E-state index in [2.05, 4.69) is 5.32 Å². The van der Waals surface area contributed by atoms with E-state index in [4.69, 9.17) is 9.47 Å². The lowest BCUT2D eigenvalue weighted by molar-refractivity contribution is -0.111. The molecule has 0 bridgehead atoms. The normalized spacial score (nSPS) is 26.4. The summed E-state index contributed by atoms with van der Waals surface area (Å²) in [7, 11) is 0. The number of amides is 1. The zero-order valence-corrected chi connectivity index (χ0v) is 10.9. The van der Waals surface area contributed by atoms with Crippen LogP contribution < -0.4 is 5.32 Å². The lowest BCUT2D eigenvalue weighted by Crippen LogP contribution is -2.45. The number of hydrogen-bond donors (Lipinski definition) is 1. The average molecular weight is 243 g/mol. The first-order valence-electron chi connectivity index (χ1n) is 5.90. The number of rotatable bonds is 3. The van der Waals surface area contributed by atoms with Gasteiger partial charge in [-0.05, 0) is 34.1 Å². The molecule has 0 aliphatic carbocycles. The van der Waals surface area contributed by atoms with Crippen LogP contribution in [-0.2, 0) is 14.3 Å². The smallest absolute Gasteiger partial charge is 0.408 e. The van der Waals surface area contributed by atoms with E-state index in [-0.39, 0.29) is 12.0 Å². The van der Waals surface area contributed by atoms with Crippen molar-refractivity contribution in [3.63, 3.8) is 0 Å². The van der Waals surface area contributed by atoms with Crippen LogP contribution in [0.4, 0.5) is 4.79 Å². The number of carbonyl (C=O) groups excluding carboxylic acids is 2. The molecule has 0 aromatic carbocycles. The summed E-state index contributed by atoms with van der Waals surface area (Å²) in [5.74, 6) is 0.0278. The quantitative estimate of drug-likeness (QED) is 0.763. The van der Waals surface area contributed by atoms with Crippen molar-refractivity contribution in [2.24, 2.45) is 5.92 Å². The molecule has 0 aromatic heterocycles. The molecule has 98 valence electrons. The van der Waals surface area contributed by atoms with Gasteiger partial charge in [-0.3, -0.25) is 0 Å². The molecule has 1 saturated heterocycles. The highest BCUT2D eigenvalue weighted by Gasteiger charge is 2.33. The fraction of sp³-hybridized carbons (Fsp3) is 0.833. The SMILES string of the molecule is CC1OCCC1C(C=O)NC(=O)OC(C)(C)C.